The lowest BCUT2D eigenvalue weighted by molar-refractivity contribution is 0.0984. The first-order valence-corrected chi connectivity index (χ1v) is 8.87. The van der Waals surface area contributed by atoms with Gasteiger partial charge in [-0.25, -0.2) is 0 Å². The zero-order valence-electron chi connectivity index (χ0n) is 15.8. The van der Waals surface area contributed by atoms with Crippen LogP contribution in [0.15, 0.2) is 30.3 Å². The van der Waals surface area contributed by atoms with E-state index >= 15 is 0 Å². The van der Waals surface area contributed by atoms with Gasteiger partial charge in [0.05, 0.1) is 27.0 Å². The van der Waals surface area contributed by atoms with E-state index in [4.69, 9.17) is 14.2 Å². The first kappa shape index (κ1) is 18.1. The van der Waals surface area contributed by atoms with Gasteiger partial charge in [-0.1, -0.05) is 25.1 Å². The van der Waals surface area contributed by atoms with Gasteiger partial charge in [0.15, 0.2) is 11.5 Å². The third-order valence-corrected chi connectivity index (χ3v) is 4.84. The Bertz CT molecular complexity index is 776. The number of ether oxygens (including phenoxy) is 3. The molecular weight excluding hydrogens is 330 g/mol. The van der Waals surface area contributed by atoms with Crippen molar-refractivity contribution in [3.05, 3.63) is 47.0 Å². The van der Waals surface area contributed by atoms with Crippen molar-refractivity contribution in [3.63, 3.8) is 0 Å². The molecule has 0 saturated carbocycles. The minimum absolute atomic E-state index is 0.0499. The molecule has 3 rings (SSSR count). The van der Waals surface area contributed by atoms with Crippen molar-refractivity contribution in [3.8, 4) is 17.2 Å². The monoisotopic (exact) mass is 355 g/mol. The molecule has 2 aromatic rings. The molecule has 5 heteroatoms. The van der Waals surface area contributed by atoms with E-state index in [1.807, 2.05) is 4.90 Å². The van der Waals surface area contributed by atoms with Gasteiger partial charge in [0.1, 0.15) is 0 Å². The molecule has 0 bridgehead atoms. The Morgan fingerprint density at radius 3 is 2.35 bits per heavy atom. The van der Waals surface area contributed by atoms with Crippen LogP contribution in [0.25, 0.3) is 0 Å². The molecule has 5 nitrogen and oxygen atoms in total. The van der Waals surface area contributed by atoms with Crippen LogP contribution in [0.1, 0.15) is 34.8 Å². The van der Waals surface area contributed by atoms with Gasteiger partial charge < -0.3 is 19.1 Å². The number of aryl methyl sites for hydroxylation is 2. The number of benzene rings is 2. The van der Waals surface area contributed by atoms with Crippen molar-refractivity contribution in [1.29, 1.82) is 0 Å². The van der Waals surface area contributed by atoms with Crippen LogP contribution in [0.5, 0.6) is 17.2 Å². The summed E-state index contributed by atoms with van der Waals surface area (Å²) < 4.78 is 16.1. The number of rotatable bonds is 5. The van der Waals surface area contributed by atoms with Crippen LogP contribution < -0.4 is 19.1 Å². The predicted molar refractivity (Wildman–Crippen MR) is 102 cm³/mol. The highest BCUT2D eigenvalue weighted by Gasteiger charge is 2.27. The molecule has 0 atom stereocenters. The summed E-state index contributed by atoms with van der Waals surface area (Å²) in [7, 11) is 4.66. The number of nitrogens with zero attached hydrogens (tertiary/aromatic N) is 1. The van der Waals surface area contributed by atoms with Crippen molar-refractivity contribution in [1.82, 2.24) is 0 Å². The van der Waals surface area contributed by atoms with Crippen LogP contribution in [0, 0.1) is 0 Å². The lowest BCUT2D eigenvalue weighted by Crippen LogP contribution is -2.36. The normalized spacial score (nSPS) is 13.2. The van der Waals surface area contributed by atoms with Crippen LogP contribution in [-0.4, -0.2) is 33.8 Å². The number of amides is 1. The summed E-state index contributed by atoms with van der Waals surface area (Å²) in [6.07, 6.45) is 2.85. The average Bonchev–Trinajstić information content (AvgIpc) is 2.70. The first-order valence-electron chi connectivity index (χ1n) is 8.87. The second kappa shape index (κ2) is 7.68. The number of hydrogen-bond donors (Lipinski definition) is 0. The maximum Gasteiger partial charge on any atom is 0.258 e. The predicted octanol–water partition coefficient (Wildman–Crippen LogP) is 3.87. The van der Waals surface area contributed by atoms with Gasteiger partial charge in [-0.15, -0.1) is 0 Å². The average molecular weight is 355 g/mol. The molecule has 0 saturated heterocycles. The summed E-state index contributed by atoms with van der Waals surface area (Å²) >= 11 is 0. The summed E-state index contributed by atoms with van der Waals surface area (Å²) in [5.41, 5.74) is 4.01. The number of carbonyl (C=O) groups is 1. The van der Waals surface area contributed by atoms with Gasteiger partial charge in [0.2, 0.25) is 5.75 Å². The molecule has 0 aliphatic carbocycles. The Labute approximate surface area is 154 Å². The van der Waals surface area contributed by atoms with Gasteiger partial charge in [0, 0.05) is 12.1 Å². The van der Waals surface area contributed by atoms with Crippen LogP contribution in [0.4, 0.5) is 5.69 Å². The minimum atomic E-state index is -0.0499. The SMILES string of the molecule is CCc1cccc2c1N(C(=O)c1cc(OC)c(OC)c(OC)c1)CCC2. The highest BCUT2D eigenvalue weighted by atomic mass is 16.5. The quantitative estimate of drug-likeness (QED) is 0.817. The molecule has 0 fully saturated rings. The molecule has 1 heterocycles. The van der Waals surface area contributed by atoms with Crippen molar-refractivity contribution < 1.29 is 19.0 Å². The molecule has 1 aliphatic heterocycles. The number of carbonyl (C=O) groups excluding carboxylic acids is 1. The first-order chi connectivity index (χ1) is 12.6. The maximum absolute atomic E-state index is 13.3. The molecule has 138 valence electrons. The molecule has 0 unspecified atom stereocenters. The zero-order chi connectivity index (χ0) is 18.7. The van der Waals surface area contributed by atoms with Crippen molar-refractivity contribution in [2.24, 2.45) is 0 Å². The number of anilines is 1. The van der Waals surface area contributed by atoms with Crippen molar-refractivity contribution in [2.45, 2.75) is 26.2 Å². The second-order valence-corrected chi connectivity index (χ2v) is 6.25. The number of hydrogen-bond acceptors (Lipinski definition) is 4. The van der Waals surface area contributed by atoms with Gasteiger partial charge >= 0.3 is 0 Å². The summed E-state index contributed by atoms with van der Waals surface area (Å²) in [5, 5.41) is 0. The molecule has 0 radical (unpaired) electrons. The number of fused-ring (bicyclic) bond motifs is 1. The molecule has 26 heavy (non-hydrogen) atoms. The van der Waals surface area contributed by atoms with E-state index in [2.05, 4.69) is 25.1 Å². The number of methoxy groups -OCH3 is 3. The topological polar surface area (TPSA) is 48.0 Å². The van der Waals surface area contributed by atoms with Gasteiger partial charge in [-0.05, 0) is 42.5 Å². The van der Waals surface area contributed by atoms with Crippen molar-refractivity contribution >= 4 is 11.6 Å². The fourth-order valence-corrected chi connectivity index (χ4v) is 3.58. The van der Waals surface area contributed by atoms with Crippen LogP contribution in [0.3, 0.4) is 0 Å². The Balaban J connectivity index is 2.07. The van der Waals surface area contributed by atoms with E-state index in [1.165, 1.54) is 11.1 Å². The maximum atomic E-state index is 13.3. The standard InChI is InChI=1S/C21H25NO4/c1-5-14-8-6-9-15-10-7-11-22(19(14)15)21(23)16-12-17(24-2)20(26-4)18(13-16)25-3/h6,8-9,12-13H,5,7,10-11H2,1-4H3. The molecular formula is C21H25NO4. The molecule has 0 spiro atoms. The lowest BCUT2D eigenvalue weighted by atomic mass is 9.95. The molecule has 0 aromatic heterocycles. The molecule has 1 aliphatic rings. The highest BCUT2D eigenvalue weighted by Crippen LogP contribution is 2.39. The summed E-state index contributed by atoms with van der Waals surface area (Å²) in [6, 6.07) is 9.72. The van der Waals surface area contributed by atoms with E-state index in [9.17, 15) is 4.79 Å². The molecule has 1 amide bonds. The van der Waals surface area contributed by atoms with Gasteiger partial charge in [-0.3, -0.25) is 4.79 Å². The molecule has 2 aromatic carbocycles. The highest BCUT2D eigenvalue weighted by molar-refractivity contribution is 6.08. The van der Waals surface area contributed by atoms with E-state index in [-0.39, 0.29) is 5.91 Å². The largest absolute Gasteiger partial charge is 0.493 e. The van der Waals surface area contributed by atoms with E-state index in [0.29, 0.717) is 29.4 Å². The Morgan fingerprint density at radius 2 is 1.77 bits per heavy atom. The van der Waals surface area contributed by atoms with Crippen LogP contribution in [0.2, 0.25) is 0 Å². The van der Waals surface area contributed by atoms with Gasteiger partial charge in [0.25, 0.3) is 5.91 Å². The van der Waals surface area contributed by atoms with Crippen LogP contribution in [-0.2, 0) is 12.8 Å². The van der Waals surface area contributed by atoms with Gasteiger partial charge in [-0.2, -0.15) is 0 Å². The Kier molecular flexibility index (Phi) is 5.35. The third kappa shape index (κ3) is 3.09. The second-order valence-electron chi connectivity index (χ2n) is 6.25. The summed E-state index contributed by atoms with van der Waals surface area (Å²) in [6.45, 7) is 2.83. The van der Waals surface area contributed by atoms with E-state index < -0.39 is 0 Å². The zero-order valence-corrected chi connectivity index (χ0v) is 15.8. The minimum Gasteiger partial charge on any atom is -0.493 e. The third-order valence-electron chi connectivity index (χ3n) is 4.84. The summed E-state index contributed by atoms with van der Waals surface area (Å²) in [5.74, 6) is 1.40. The summed E-state index contributed by atoms with van der Waals surface area (Å²) in [4.78, 5) is 15.2. The van der Waals surface area contributed by atoms with E-state index in [1.54, 1.807) is 33.5 Å². The smallest absolute Gasteiger partial charge is 0.258 e. The fourth-order valence-electron chi connectivity index (χ4n) is 3.58. The lowest BCUT2D eigenvalue weighted by Gasteiger charge is -2.32. The van der Waals surface area contributed by atoms with Crippen LogP contribution >= 0.6 is 0 Å². The molecule has 0 N–H and O–H groups in total. The Morgan fingerprint density at radius 1 is 1.08 bits per heavy atom. The fraction of sp³-hybridized carbons (Fsp3) is 0.381. The Hall–Kier alpha value is -2.69. The number of para-hydroxylation sites is 1. The van der Waals surface area contributed by atoms with Crippen molar-refractivity contribution in [2.75, 3.05) is 32.8 Å². The van der Waals surface area contributed by atoms with E-state index in [0.717, 1.165) is 24.9 Å².